The molecule has 1 aliphatic heterocycles. The lowest BCUT2D eigenvalue weighted by Gasteiger charge is -2.31. The Kier molecular flexibility index (Phi) is 4.22. The minimum absolute atomic E-state index is 0.0829. The first-order valence-electron chi connectivity index (χ1n) is 7.30. The number of benzene rings is 1. The molecule has 1 N–H and O–H groups in total. The average Bonchev–Trinajstić information content (AvgIpc) is 2.90. The molecule has 0 bridgehead atoms. The average molecular weight is 306 g/mol. The molecule has 5 heteroatoms. The molecular weight excluding hydrogens is 287 g/mol. The molecule has 3 rings (SSSR count). The van der Waals surface area contributed by atoms with E-state index in [-0.39, 0.29) is 11.7 Å². The molecule has 0 unspecified atom stereocenters. The molecule has 21 heavy (non-hydrogen) atoms. The number of amides is 1. The number of carbonyl (C=O) groups is 1. The second-order valence-electron chi connectivity index (χ2n) is 5.59. The number of fused-ring (bicyclic) bond motifs is 1. The van der Waals surface area contributed by atoms with E-state index in [2.05, 4.69) is 5.32 Å². The van der Waals surface area contributed by atoms with Gasteiger partial charge in [0.15, 0.2) is 0 Å². The maximum absolute atomic E-state index is 13.2. The first-order valence-corrected chi connectivity index (χ1v) is 8.12. The summed E-state index contributed by atoms with van der Waals surface area (Å²) in [6.07, 6.45) is 2.10. The van der Waals surface area contributed by atoms with Crippen LogP contribution in [0, 0.1) is 11.7 Å². The fourth-order valence-corrected chi connectivity index (χ4v) is 3.92. The number of halogens is 1. The summed E-state index contributed by atoms with van der Waals surface area (Å²) in [4.78, 5) is 15.2. The third-order valence-corrected chi connectivity index (χ3v) is 5.19. The lowest BCUT2D eigenvalue weighted by molar-refractivity contribution is 0.0696. The van der Waals surface area contributed by atoms with E-state index in [0.717, 1.165) is 42.6 Å². The van der Waals surface area contributed by atoms with Crippen LogP contribution in [0.4, 0.5) is 4.39 Å². The Morgan fingerprint density at radius 3 is 2.86 bits per heavy atom. The number of hydrogen-bond acceptors (Lipinski definition) is 3. The van der Waals surface area contributed by atoms with Crippen molar-refractivity contribution in [3.05, 3.63) is 35.0 Å². The zero-order valence-electron chi connectivity index (χ0n) is 12.1. The van der Waals surface area contributed by atoms with E-state index in [4.69, 9.17) is 0 Å². The molecule has 0 aliphatic carbocycles. The fourth-order valence-electron chi connectivity index (χ4n) is 2.90. The van der Waals surface area contributed by atoms with Gasteiger partial charge in [0.05, 0.1) is 4.88 Å². The van der Waals surface area contributed by atoms with E-state index in [1.165, 1.54) is 23.5 Å². The van der Waals surface area contributed by atoms with Crippen molar-refractivity contribution in [3.8, 4) is 0 Å². The van der Waals surface area contributed by atoms with Gasteiger partial charge in [0.2, 0.25) is 0 Å². The molecule has 0 saturated carbocycles. The highest BCUT2D eigenvalue weighted by atomic mass is 32.1. The van der Waals surface area contributed by atoms with Gasteiger partial charge in [-0.3, -0.25) is 4.79 Å². The Morgan fingerprint density at radius 2 is 2.14 bits per heavy atom. The van der Waals surface area contributed by atoms with Crippen molar-refractivity contribution in [1.82, 2.24) is 10.2 Å². The molecule has 0 atom stereocenters. The van der Waals surface area contributed by atoms with Gasteiger partial charge in [-0.05, 0) is 62.0 Å². The molecule has 112 valence electrons. The van der Waals surface area contributed by atoms with E-state index < -0.39 is 0 Å². The summed E-state index contributed by atoms with van der Waals surface area (Å²) in [5, 5.41) is 4.01. The summed E-state index contributed by atoms with van der Waals surface area (Å²) in [5.41, 5.74) is 0. The zero-order chi connectivity index (χ0) is 14.8. The lowest BCUT2D eigenvalue weighted by Crippen LogP contribution is -2.40. The quantitative estimate of drug-likeness (QED) is 0.945. The molecule has 0 radical (unpaired) electrons. The van der Waals surface area contributed by atoms with Crippen molar-refractivity contribution >= 4 is 27.3 Å². The SMILES string of the molecule is CNCC1CCN(C(=O)c2cc3cc(F)ccc3s2)CC1. The van der Waals surface area contributed by atoms with Gasteiger partial charge in [-0.25, -0.2) is 4.39 Å². The molecule has 1 saturated heterocycles. The van der Waals surface area contributed by atoms with E-state index in [9.17, 15) is 9.18 Å². The van der Waals surface area contributed by atoms with Gasteiger partial charge in [0.1, 0.15) is 5.82 Å². The third-order valence-electron chi connectivity index (χ3n) is 4.08. The zero-order valence-corrected chi connectivity index (χ0v) is 12.9. The monoisotopic (exact) mass is 306 g/mol. The Morgan fingerprint density at radius 1 is 1.38 bits per heavy atom. The van der Waals surface area contributed by atoms with Crippen molar-refractivity contribution in [3.63, 3.8) is 0 Å². The van der Waals surface area contributed by atoms with Gasteiger partial charge < -0.3 is 10.2 Å². The minimum atomic E-state index is -0.257. The van der Waals surface area contributed by atoms with Crippen LogP contribution in [0.2, 0.25) is 0 Å². The summed E-state index contributed by atoms with van der Waals surface area (Å²) < 4.78 is 14.2. The number of hydrogen-bond donors (Lipinski definition) is 1. The molecule has 1 aromatic carbocycles. The number of rotatable bonds is 3. The van der Waals surface area contributed by atoms with Gasteiger partial charge in [-0.1, -0.05) is 0 Å². The second-order valence-corrected chi connectivity index (χ2v) is 6.67. The summed E-state index contributed by atoms with van der Waals surface area (Å²) in [5.74, 6) is 0.488. The number of nitrogens with one attached hydrogen (secondary N) is 1. The van der Waals surface area contributed by atoms with Crippen LogP contribution in [-0.2, 0) is 0 Å². The summed E-state index contributed by atoms with van der Waals surface area (Å²) in [7, 11) is 1.97. The van der Waals surface area contributed by atoms with Crippen LogP contribution >= 0.6 is 11.3 Å². The lowest BCUT2D eigenvalue weighted by atomic mass is 9.97. The van der Waals surface area contributed by atoms with Gasteiger partial charge in [0, 0.05) is 17.8 Å². The van der Waals surface area contributed by atoms with Gasteiger partial charge in [-0.15, -0.1) is 11.3 Å². The minimum Gasteiger partial charge on any atom is -0.338 e. The van der Waals surface area contributed by atoms with Gasteiger partial charge in [0.25, 0.3) is 5.91 Å². The molecule has 1 amide bonds. The van der Waals surface area contributed by atoms with E-state index >= 15 is 0 Å². The molecular formula is C16H19FN2OS. The van der Waals surface area contributed by atoms with E-state index in [1.54, 1.807) is 6.07 Å². The van der Waals surface area contributed by atoms with Crippen molar-refractivity contribution in [1.29, 1.82) is 0 Å². The Hall–Kier alpha value is -1.46. The van der Waals surface area contributed by atoms with Crippen LogP contribution in [-0.4, -0.2) is 37.5 Å². The number of likely N-dealkylation sites (tertiary alicyclic amines) is 1. The number of piperidine rings is 1. The predicted octanol–water partition coefficient (Wildman–Crippen LogP) is 3.11. The second kappa shape index (κ2) is 6.12. The largest absolute Gasteiger partial charge is 0.338 e. The first-order chi connectivity index (χ1) is 10.2. The summed E-state index contributed by atoms with van der Waals surface area (Å²) in [6.45, 7) is 2.64. The molecule has 1 aromatic heterocycles. The molecule has 1 aliphatic rings. The molecule has 0 spiro atoms. The number of nitrogens with zero attached hydrogens (tertiary/aromatic N) is 1. The smallest absolute Gasteiger partial charge is 0.263 e. The van der Waals surface area contributed by atoms with Crippen LogP contribution < -0.4 is 5.32 Å². The third kappa shape index (κ3) is 3.09. The van der Waals surface area contributed by atoms with Crippen molar-refractivity contribution < 1.29 is 9.18 Å². The molecule has 1 fully saturated rings. The van der Waals surface area contributed by atoms with E-state index in [1.807, 2.05) is 18.0 Å². The van der Waals surface area contributed by atoms with Gasteiger partial charge >= 0.3 is 0 Å². The van der Waals surface area contributed by atoms with Crippen molar-refractivity contribution in [2.75, 3.05) is 26.7 Å². The van der Waals surface area contributed by atoms with Gasteiger partial charge in [-0.2, -0.15) is 0 Å². The molecule has 2 heterocycles. The van der Waals surface area contributed by atoms with E-state index in [0.29, 0.717) is 10.8 Å². The number of thiophene rings is 1. The normalized spacial score (nSPS) is 16.6. The highest BCUT2D eigenvalue weighted by Crippen LogP contribution is 2.28. The summed E-state index contributed by atoms with van der Waals surface area (Å²) in [6, 6.07) is 6.48. The van der Waals surface area contributed by atoms with Crippen LogP contribution in [0.15, 0.2) is 24.3 Å². The maximum Gasteiger partial charge on any atom is 0.263 e. The van der Waals surface area contributed by atoms with Crippen LogP contribution in [0.5, 0.6) is 0 Å². The van der Waals surface area contributed by atoms with Crippen molar-refractivity contribution in [2.45, 2.75) is 12.8 Å². The summed E-state index contributed by atoms with van der Waals surface area (Å²) >= 11 is 1.45. The standard InChI is InChI=1S/C16H19FN2OS/c1-18-10-11-4-6-19(7-5-11)16(20)15-9-12-8-13(17)2-3-14(12)21-15/h2-3,8-9,11,18H,4-7,10H2,1H3. The predicted molar refractivity (Wildman–Crippen MR) is 84.3 cm³/mol. The Balaban J connectivity index is 1.72. The highest BCUT2D eigenvalue weighted by molar-refractivity contribution is 7.20. The Labute approximate surface area is 127 Å². The molecule has 2 aromatic rings. The Bertz CT molecular complexity index is 647. The highest BCUT2D eigenvalue weighted by Gasteiger charge is 2.24. The molecule has 3 nitrogen and oxygen atoms in total. The number of carbonyl (C=O) groups excluding carboxylic acids is 1. The first kappa shape index (κ1) is 14.5. The van der Waals surface area contributed by atoms with Crippen LogP contribution in [0.3, 0.4) is 0 Å². The van der Waals surface area contributed by atoms with Crippen LogP contribution in [0.25, 0.3) is 10.1 Å². The van der Waals surface area contributed by atoms with Crippen molar-refractivity contribution in [2.24, 2.45) is 5.92 Å². The topological polar surface area (TPSA) is 32.3 Å². The van der Waals surface area contributed by atoms with Crippen LogP contribution in [0.1, 0.15) is 22.5 Å². The maximum atomic E-state index is 13.2. The fraction of sp³-hybridized carbons (Fsp3) is 0.438.